The van der Waals surface area contributed by atoms with Gasteiger partial charge in [-0.2, -0.15) is 0 Å². The molecule has 2 aliphatic carbocycles. The van der Waals surface area contributed by atoms with Crippen LogP contribution in [0.5, 0.6) is 0 Å². The molecule has 0 bridgehead atoms. The van der Waals surface area contributed by atoms with Crippen LogP contribution in [0.2, 0.25) is 0 Å². The maximum absolute atomic E-state index is 12.4. The molecule has 0 aliphatic heterocycles. The molecule has 0 heterocycles. The number of carbonyl (C=O) groups is 1. The Morgan fingerprint density at radius 1 is 1.08 bits per heavy atom. The Morgan fingerprint density at radius 3 is 2.42 bits per heavy atom. The molecule has 2 atom stereocenters. The third-order valence-electron chi connectivity index (χ3n) is 6.14. The van der Waals surface area contributed by atoms with Crippen molar-refractivity contribution in [2.45, 2.75) is 102 Å². The molecule has 2 fully saturated rings. The zero-order chi connectivity index (χ0) is 18.8. The number of hydrogen-bond acceptors (Lipinski definition) is 4. The maximum Gasteiger partial charge on any atom is 0.220 e. The molecular weight excluding hydrogens is 330 g/mol. The van der Waals surface area contributed by atoms with Crippen LogP contribution in [-0.4, -0.2) is 47.6 Å². The van der Waals surface area contributed by atoms with Crippen LogP contribution in [0.3, 0.4) is 0 Å². The van der Waals surface area contributed by atoms with Crippen molar-refractivity contribution in [1.29, 1.82) is 0 Å². The number of amides is 1. The average Bonchev–Trinajstić information content (AvgIpc) is 2.66. The van der Waals surface area contributed by atoms with Gasteiger partial charge in [-0.15, -0.1) is 0 Å². The summed E-state index contributed by atoms with van der Waals surface area (Å²) >= 11 is 0. The third kappa shape index (κ3) is 8.36. The molecule has 26 heavy (non-hydrogen) atoms. The van der Waals surface area contributed by atoms with E-state index in [0.717, 1.165) is 44.4 Å². The number of aliphatic hydroxyl groups excluding tert-OH is 2. The number of ether oxygens (including phenoxy) is 1. The Bertz CT molecular complexity index is 389. The van der Waals surface area contributed by atoms with Gasteiger partial charge in [0.05, 0.1) is 31.5 Å². The van der Waals surface area contributed by atoms with Gasteiger partial charge in [0.15, 0.2) is 0 Å². The summed E-state index contributed by atoms with van der Waals surface area (Å²) in [5.41, 5.74) is 0. The smallest absolute Gasteiger partial charge is 0.220 e. The van der Waals surface area contributed by atoms with Crippen molar-refractivity contribution in [3.05, 3.63) is 0 Å². The highest BCUT2D eigenvalue weighted by Gasteiger charge is 2.24. The van der Waals surface area contributed by atoms with Gasteiger partial charge in [-0.25, -0.2) is 0 Å². The van der Waals surface area contributed by atoms with Crippen molar-refractivity contribution in [3.63, 3.8) is 0 Å². The lowest BCUT2D eigenvalue weighted by Gasteiger charge is -2.30. The highest BCUT2D eigenvalue weighted by molar-refractivity contribution is 5.76. The summed E-state index contributed by atoms with van der Waals surface area (Å²) in [6.07, 6.45) is 12.5. The van der Waals surface area contributed by atoms with Crippen LogP contribution in [-0.2, 0) is 9.53 Å². The third-order valence-corrected chi connectivity index (χ3v) is 6.14. The van der Waals surface area contributed by atoms with E-state index < -0.39 is 0 Å². The second kappa shape index (κ2) is 11.9. The summed E-state index contributed by atoms with van der Waals surface area (Å²) in [7, 11) is 0. The molecule has 5 heteroatoms. The molecule has 0 aromatic rings. The van der Waals surface area contributed by atoms with Gasteiger partial charge in [0.2, 0.25) is 5.91 Å². The first-order chi connectivity index (χ1) is 12.6. The molecule has 0 aromatic carbocycles. The minimum atomic E-state index is -0.204. The summed E-state index contributed by atoms with van der Waals surface area (Å²) < 4.78 is 5.70. The predicted octanol–water partition coefficient (Wildman–Crippen LogP) is 3.17. The van der Waals surface area contributed by atoms with Gasteiger partial charge in [0.1, 0.15) is 0 Å². The minimum Gasteiger partial charge on any atom is -0.394 e. The normalized spacial score (nSPS) is 27.0. The average molecular weight is 370 g/mol. The second-order valence-corrected chi connectivity index (χ2v) is 8.54. The summed E-state index contributed by atoms with van der Waals surface area (Å²) in [5, 5.41) is 22.0. The highest BCUT2D eigenvalue weighted by atomic mass is 16.5. The summed E-state index contributed by atoms with van der Waals surface area (Å²) in [6, 6.07) is 0.00287. The molecule has 5 nitrogen and oxygen atoms in total. The van der Waals surface area contributed by atoms with E-state index in [1.165, 1.54) is 32.1 Å². The second-order valence-electron chi connectivity index (χ2n) is 8.54. The highest BCUT2D eigenvalue weighted by Crippen LogP contribution is 2.29. The quantitative estimate of drug-likeness (QED) is 0.553. The van der Waals surface area contributed by atoms with Gasteiger partial charge in [0, 0.05) is 6.42 Å². The molecule has 152 valence electrons. The van der Waals surface area contributed by atoms with Gasteiger partial charge >= 0.3 is 0 Å². The fourth-order valence-electron chi connectivity index (χ4n) is 4.40. The summed E-state index contributed by atoms with van der Waals surface area (Å²) in [5.74, 6) is 1.39. The fourth-order valence-corrected chi connectivity index (χ4v) is 4.40. The lowest BCUT2D eigenvalue weighted by atomic mass is 9.83. The molecule has 0 saturated heterocycles. The van der Waals surface area contributed by atoms with Crippen molar-refractivity contribution in [1.82, 2.24) is 5.32 Å². The molecule has 2 rings (SSSR count). The van der Waals surface area contributed by atoms with Crippen LogP contribution in [0.1, 0.15) is 84.0 Å². The number of carbonyl (C=O) groups excluding carboxylic acids is 1. The Labute approximate surface area is 158 Å². The van der Waals surface area contributed by atoms with Crippen LogP contribution in [0, 0.1) is 11.8 Å². The minimum absolute atomic E-state index is 0.00202. The van der Waals surface area contributed by atoms with Crippen molar-refractivity contribution in [2.75, 3.05) is 13.2 Å². The number of hydrogen-bond donors (Lipinski definition) is 3. The zero-order valence-corrected chi connectivity index (χ0v) is 16.5. The monoisotopic (exact) mass is 369 g/mol. The van der Waals surface area contributed by atoms with Gasteiger partial charge in [-0.05, 0) is 57.3 Å². The molecule has 2 saturated carbocycles. The van der Waals surface area contributed by atoms with Crippen molar-refractivity contribution in [3.8, 4) is 0 Å². The Morgan fingerprint density at radius 2 is 1.77 bits per heavy atom. The number of nitrogens with one attached hydrogen (secondary N) is 1. The van der Waals surface area contributed by atoms with E-state index in [4.69, 9.17) is 9.84 Å². The lowest BCUT2D eigenvalue weighted by Crippen LogP contribution is -2.41. The van der Waals surface area contributed by atoms with Crippen molar-refractivity contribution in [2.24, 2.45) is 11.8 Å². The van der Waals surface area contributed by atoms with Gasteiger partial charge in [-0.3, -0.25) is 4.79 Å². The first kappa shape index (κ1) is 21.6. The summed E-state index contributed by atoms with van der Waals surface area (Å²) in [4.78, 5) is 12.4. The zero-order valence-electron chi connectivity index (χ0n) is 16.5. The van der Waals surface area contributed by atoms with E-state index in [1.807, 2.05) is 6.92 Å². The van der Waals surface area contributed by atoms with Crippen LogP contribution in [0.25, 0.3) is 0 Å². The van der Waals surface area contributed by atoms with E-state index in [2.05, 4.69) is 5.32 Å². The topological polar surface area (TPSA) is 78.8 Å². The fraction of sp³-hybridized carbons (Fsp3) is 0.952. The first-order valence-electron chi connectivity index (χ1n) is 10.8. The SMILES string of the molecule is CC(CO)OCC(CC1CCC(O)CC1)NC(=O)CCC1CCCCC1. The van der Waals surface area contributed by atoms with Crippen molar-refractivity contribution < 1.29 is 19.7 Å². The standard InChI is InChI=1S/C21H39NO4/c1-16(14-23)26-15-19(13-18-7-10-20(24)11-8-18)22-21(25)12-9-17-5-3-2-4-6-17/h16-20,23-24H,2-15H2,1H3,(H,22,25). The van der Waals surface area contributed by atoms with Crippen LogP contribution in [0.4, 0.5) is 0 Å². The predicted molar refractivity (Wildman–Crippen MR) is 103 cm³/mol. The van der Waals surface area contributed by atoms with E-state index in [-0.39, 0.29) is 30.8 Å². The molecule has 1 amide bonds. The van der Waals surface area contributed by atoms with Crippen LogP contribution in [0.15, 0.2) is 0 Å². The molecule has 0 aromatic heterocycles. The van der Waals surface area contributed by atoms with Crippen LogP contribution < -0.4 is 5.32 Å². The van der Waals surface area contributed by atoms with E-state index in [9.17, 15) is 9.90 Å². The van der Waals surface area contributed by atoms with Gasteiger partial charge < -0.3 is 20.3 Å². The number of aliphatic hydroxyl groups is 2. The first-order valence-corrected chi connectivity index (χ1v) is 10.8. The Balaban J connectivity index is 1.76. The molecule has 0 radical (unpaired) electrons. The lowest BCUT2D eigenvalue weighted by molar-refractivity contribution is -0.123. The molecule has 2 aliphatic rings. The molecular formula is C21H39NO4. The van der Waals surface area contributed by atoms with Gasteiger partial charge in [0.25, 0.3) is 0 Å². The maximum atomic E-state index is 12.4. The molecule has 0 spiro atoms. The number of rotatable bonds is 10. The van der Waals surface area contributed by atoms with Crippen molar-refractivity contribution >= 4 is 5.91 Å². The Kier molecular flexibility index (Phi) is 9.94. The Hall–Kier alpha value is -0.650. The van der Waals surface area contributed by atoms with E-state index in [0.29, 0.717) is 18.9 Å². The summed E-state index contributed by atoms with van der Waals surface area (Å²) in [6.45, 7) is 2.30. The van der Waals surface area contributed by atoms with E-state index >= 15 is 0 Å². The van der Waals surface area contributed by atoms with Gasteiger partial charge in [-0.1, -0.05) is 32.1 Å². The largest absolute Gasteiger partial charge is 0.394 e. The molecule has 3 N–H and O–H groups in total. The van der Waals surface area contributed by atoms with Crippen LogP contribution >= 0.6 is 0 Å². The molecule has 2 unspecified atom stereocenters. The van der Waals surface area contributed by atoms with E-state index in [1.54, 1.807) is 0 Å².